The Hall–Kier alpha value is -2.45. The highest BCUT2D eigenvalue weighted by Crippen LogP contribution is 2.33. The number of phenols is 2. The zero-order valence-corrected chi connectivity index (χ0v) is 24.0. The van der Waals surface area contributed by atoms with Crippen molar-refractivity contribution < 1.29 is 15.0 Å². The van der Waals surface area contributed by atoms with Gasteiger partial charge < -0.3 is 10.2 Å². The van der Waals surface area contributed by atoms with E-state index in [2.05, 4.69) is 19.6 Å². The van der Waals surface area contributed by atoms with E-state index in [1.165, 1.54) is 51.4 Å². The van der Waals surface area contributed by atoms with Crippen LogP contribution in [0.2, 0.25) is 0 Å². The van der Waals surface area contributed by atoms with Gasteiger partial charge in [-0.15, -0.1) is 0 Å². The Kier molecular flexibility index (Phi) is 8.73. The van der Waals surface area contributed by atoms with Crippen LogP contribution in [-0.2, 0) is 26.2 Å². The van der Waals surface area contributed by atoms with Crippen molar-refractivity contribution in [2.45, 2.75) is 77.5 Å². The Morgan fingerprint density at radius 3 is 0.925 bits per heavy atom. The molecule has 0 saturated carbocycles. The molecule has 4 fully saturated rings. The van der Waals surface area contributed by atoms with E-state index in [9.17, 15) is 15.0 Å². The quantitative estimate of drug-likeness (QED) is 0.418. The number of nitrogens with zero attached hydrogens (tertiary/aromatic N) is 4. The first kappa shape index (κ1) is 27.7. The number of rotatable bonds is 10. The molecule has 4 aliphatic heterocycles. The second-order valence-electron chi connectivity index (χ2n) is 12.5. The number of hydrogen-bond donors (Lipinski definition) is 2. The summed E-state index contributed by atoms with van der Waals surface area (Å²) >= 11 is 0. The second kappa shape index (κ2) is 12.6. The van der Waals surface area contributed by atoms with Gasteiger partial charge in [0, 0.05) is 59.6 Å². The number of phenolic OH excluding ortho intramolecular Hbond substituents is 2. The van der Waals surface area contributed by atoms with Crippen LogP contribution >= 0.6 is 0 Å². The van der Waals surface area contributed by atoms with Gasteiger partial charge in [-0.25, -0.2) is 0 Å². The molecule has 7 nitrogen and oxygen atoms in total. The van der Waals surface area contributed by atoms with Gasteiger partial charge in [-0.05, 0) is 128 Å². The number of benzene rings is 2. The maximum absolute atomic E-state index is 14.2. The topological polar surface area (TPSA) is 70.5 Å². The minimum Gasteiger partial charge on any atom is -0.507 e. The van der Waals surface area contributed by atoms with Crippen LogP contribution in [0.4, 0.5) is 0 Å². The van der Waals surface area contributed by atoms with E-state index in [-0.39, 0.29) is 5.78 Å². The van der Waals surface area contributed by atoms with E-state index >= 15 is 0 Å². The third-order valence-corrected chi connectivity index (χ3v) is 9.43. The Morgan fingerprint density at radius 2 is 0.700 bits per heavy atom. The Bertz CT molecular complexity index is 1020. The summed E-state index contributed by atoms with van der Waals surface area (Å²) in [6.07, 6.45) is 9.50. The number of hydrogen-bond acceptors (Lipinski definition) is 7. The van der Waals surface area contributed by atoms with Gasteiger partial charge >= 0.3 is 0 Å². The summed E-state index contributed by atoms with van der Waals surface area (Å²) in [6.45, 7) is 11.0. The monoisotopic (exact) mass is 546 g/mol. The van der Waals surface area contributed by atoms with E-state index in [1.807, 2.05) is 24.3 Å². The van der Waals surface area contributed by atoms with Crippen molar-refractivity contribution in [1.29, 1.82) is 0 Å². The van der Waals surface area contributed by atoms with Crippen LogP contribution in [0, 0.1) is 0 Å². The van der Waals surface area contributed by atoms with E-state index < -0.39 is 0 Å². The van der Waals surface area contributed by atoms with Gasteiger partial charge in [0.15, 0.2) is 5.78 Å². The van der Waals surface area contributed by atoms with Crippen molar-refractivity contribution in [1.82, 2.24) is 19.6 Å². The summed E-state index contributed by atoms with van der Waals surface area (Å²) < 4.78 is 0. The highest BCUT2D eigenvalue weighted by atomic mass is 16.3. The fourth-order valence-electron chi connectivity index (χ4n) is 7.16. The Labute approximate surface area is 239 Å². The van der Waals surface area contributed by atoms with Crippen molar-refractivity contribution in [3.8, 4) is 11.5 Å². The zero-order valence-electron chi connectivity index (χ0n) is 24.0. The number of ketones is 1. The normalized spacial score (nSPS) is 21.2. The largest absolute Gasteiger partial charge is 0.507 e. The molecular formula is C33H46N4O3. The number of aromatic hydroxyl groups is 2. The van der Waals surface area contributed by atoms with Crippen molar-refractivity contribution in [3.63, 3.8) is 0 Å². The van der Waals surface area contributed by atoms with Gasteiger partial charge in [-0.3, -0.25) is 24.4 Å². The average Bonchev–Trinajstić information content (AvgIpc) is 3.78. The molecule has 4 saturated heterocycles. The summed E-state index contributed by atoms with van der Waals surface area (Å²) in [4.78, 5) is 23.7. The maximum Gasteiger partial charge on any atom is 0.193 e. The molecule has 0 spiro atoms. The molecule has 2 N–H and O–H groups in total. The molecule has 0 amide bonds. The first-order valence-electron chi connectivity index (χ1n) is 15.7. The first-order chi connectivity index (χ1) is 19.5. The Morgan fingerprint density at radius 1 is 0.475 bits per heavy atom. The lowest BCUT2D eigenvalue weighted by Crippen LogP contribution is -2.22. The molecule has 6 rings (SSSR count). The predicted octanol–water partition coefficient (Wildman–Crippen LogP) is 4.71. The molecule has 0 atom stereocenters. The lowest BCUT2D eigenvalue weighted by molar-refractivity contribution is 0.103. The SMILES string of the molecule is O=C(c1cc(CN2CCCC2)c(O)c(CN2CCCC2)c1)c1cc(CN2CCCC2)c(O)c(CN2CCCC2)c1. The molecule has 0 unspecified atom stereocenters. The highest BCUT2D eigenvalue weighted by molar-refractivity contribution is 6.09. The van der Waals surface area contributed by atoms with Crippen molar-refractivity contribution in [2.75, 3.05) is 52.4 Å². The predicted molar refractivity (Wildman–Crippen MR) is 158 cm³/mol. The number of likely N-dealkylation sites (tertiary alicyclic amines) is 4. The lowest BCUT2D eigenvalue weighted by Gasteiger charge is -2.22. The van der Waals surface area contributed by atoms with Gasteiger partial charge in [-0.1, -0.05) is 0 Å². The zero-order chi connectivity index (χ0) is 27.5. The van der Waals surface area contributed by atoms with Crippen molar-refractivity contribution in [3.05, 3.63) is 57.6 Å². The molecule has 2 aromatic carbocycles. The number of carbonyl (C=O) groups excluding carboxylic acids is 1. The second-order valence-corrected chi connectivity index (χ2v) is 12.5. The fourth-order valence-corrected chi connectivity index (χ4v) is 7.16. The van der Waals surface area contributed by atoms with Gasteiger partial charge in [-0.2, -0.15) is 0 Å². The minimum atomic E-state index is -0.0179. The molecule has 4 aliphatic rings. The smallest absolute Gasteiger partial charge is 0.193 e. The third-order valence-electron chi connectivity index (χ3n) is 9.43. The van der Waals surface area contributed by atoms with Gasteiger partial charge in [0.05, 0.1) is 0 Å². The molecule has 0 aromatic heterocycles. The van der Waals surface area contributed by atoms with E-state index in [0.29, 0.717) is 48.8 Å². The minimum absolute atomic E-state index is 0.0179. The lowest BCUT2D eigenvalue weighted by atomic mass is 9.94. The van der Waals surface area contributed by atoms with E-state index in [0.717, 1.165) is 74.6 Å². The first-order valence-corrected chi connectivity index (χ1v) is 15.7. The molecular weight excluding hydrogens is 500 g/mol. The standard InChI is InChI=1S/C33H46N4O3/c38-31(25-17-27(21-34-9-1-2-10-34)32(39)28(18-25)22-35-11-3-4-12-35)26-19-29(23-36-13-5-6-14-36)33(40)30(20-26)24-37-15-7-8-16-37/h17-20,39-40H,1-16,21-24H2. The summed E-state index contributed by atoms with van der Waals surface area (Å²) in [6, 6.07) is 7.71. The highest BCUT2D eigenvalue weighted by Gasteiger charge is 2.24. The van der Waals surface area contributed by atoms with E-state index in [1.54, 1.807) is 0 Å². The van der Waals surface area contributed by atoms with Crippen LogP contribution in [0.5, 0.6) is 11.5 Å². The fraction of sp³-hybridized carbons (Fsp3) is 0.606. The number of carbonyl (C=O) groups is 1. The Balaban J connectivity index is 1.34. The maximum atomic E-state index is 14.2. The summed E-state index contributed by atoms with van der Waals surface area (Å²) in [5, 5.41) is 22.6. The van der Waals surface area contributed by atoms with Crippen molar-refractivity contribution >= 4 is 5.78 Å². The summed E-state index contributed by atoms with van der Waals surface area (Å²) in [7, 11) is 0. The molecule has 0 bridgehead atoms. The van der Waals surface area contributed by atoms with Gasteiger partial charge in [0.2, 0.25) is 0 Å². The molecule has 40 heavy (non-hydrogen) atoms. The molecule has 4 heterocycles. The van der Waals surface area contributed by atoms with Crippen LogP contribution in [0.1, 0.15) is 89.5 Å². The molecule has 0 radical (unpaired) electrons. The van der Waals surface area contributed by atoms with Gasteiger partial charge in [0.25, 0.3) is 0 Å². The van der Waals surface area contributed by atoms with Crippen LogP contribution in [0.3, 0.4) is 0 Å². The molecule has 0 aliphatic carbocycles. The summed E-state index contributed by atoms with van der Waals surface area (Å²) in [5.41, 5.74) is 4.72. The van der Waals surface area contributed by atoms with Crippen LogP contribution < -0.4 is 0 Å². The molecule has 7 heteroatoms. The van der Waals surface area contributed by atoms with E-state index in [4.69, 9.17) is 0 Å². The average molecular weight is 547 g/mol. The molecule has 216 valence electrons. The third kappa shape index (κ3) is 6.38. The summed E-state index contributed by atoms with van der Waals surface area (Å²) in [5.74, 6) is 0.687. The van der Waals surface area contributed by atoms with Gasteiger partial charge in [0.1, 0.15) is 11.5 Å². The van der Waals surface area contributed by atoms with Crippen molar-refractivity contribution in [2.24, 2.45) is 0 Å². The molecule has 2 aromatic rings. The van der Waals surface area contributed by atoms with Crippen LogP contribution in [0.15, 0.2) is 24.3 Å². The van der Waals surface area contributed by atoms with Crippen LogP contribution in [0.25, 0.3) is 0 Å². The van der Waals surface area contributed by atoms with Crippen LogP contribution in [-0.4, -0.2) is 88.0 Å².